The third-order valence-corrected chi connectivity index (χ3v) is 4.85. The van der Waals surface area contributed by atoms with Gasteiger partial charge in [-0.1, -0.05) is 24.3 Å². The van der Waals surface area contributed by atoms with Gasteiger partial charge in [-0.3, -0.25) is 14.8 Å². The van der Waals surface area contributed by atoms with Crippen LogP contribution in [0.2, 0.25) is 0 Å². The Morgan fingerprint density at radius 1 is 1.19 bits per heavy atom. The summed E-state index contributed by atoms with van der Waals surface area (Å²) in [6, 6.07) is 7.58. The zero-order valence-corrected chi connectivity index (χ0v) is 15.5. The second kappa shape index (κ2) is 7.24. The van der Waals surface area contributed by atoms with Crippen LogP contribution in [0.3, 0.4) is 0 Å². The van der Waals surface area contributed by atoms with Crippen LogP contribution in [0.15, 0.2) is 48.9 Å². The van der Waals surface area contributed by atoms with Crippen LogP contribution < -0.4 is 9.80 Å². The van der Waals surface area contributed by atoms with E-state index in [1.54, 1.807) is 30.5 Å². The van der Waals surface area contributed by atoms with Crippen molar-refractivity contribution in [3.63, 3.8) is 0 Å². The van der Waals surface area contributed by atoms with Crippen molar-refractivity contribution >= 4 is 34.1 Å². The maximum absolute atomic E-state index is 13.2. The number of fused-ring (bicyclic) bond motifs is 1. The molecular formula is C20H12F3N5O3. The number of carboxylic acids is 1. The Balaban J connectivity index is 1.82. The Morgan fingerprint density at radius 3 is 2.61 bits per heavy atom. The molecule has 8 nitrogen and oxygen atoms in total. The molecule has 0 spiro atoms. The fraction of sp³-hybridized carbons (Fsp3) is 0.150. The number of carboxylic acid groups (broad SMARTS) is 1. The van der Waals surface area contributed by atoms with E-state index in [-0.39, 0.29) is 12.2 Å². The van der Waals surface area contributed by atoms with Crippen molar-refractivity contribution < 1.29 is 27.9 Å². The Kier molecular flexibility index (Phi) is 4.69. The van der Waals surface area contributed by atoms with Crippen LogP contribution in [0.25, 0.3) is 10.8 Å². The van der Waals surface area contributed by atoms with Gasteiger partial charge in [-0.25, -0.2) is 14.6 Å². The minimum atomic E-state index is -4.85. The van der Waals surface area contributed by atoms with Crippen LogP contribution >= 0.6 is 0 Å². The molecule has 1 saturated heterocycles. The molecule has 156 valence electrons. The summed E-state index contributed by atoms with van der Waals surface area (Å²) in [5.41, 5.74) is -2.15. The van der Waals surface area contributed by atoms with Gasteiger partial charge in [-0.05, 0) is 6.07 Å². The maximum Gasteiger partial charge on any atom is 0.433 e. The molecule has 0 radical (unpaired) electrons. The van der Waals surface area contributed by atoms with Gasteiger partial charge in [0, 0.05) is 17.0 Å². The number of carbonyl (C=O) groups excluding carboxylic acids is 1. The summed E-state index contributed by atoms with van der Waals surface area (Å²) in [5, 5.41) is 20.4. The number of carbonyl (C=O) groups is 2. The molecule has 4 rings (SSSR count). The molecular weight excluding hydrogens is 415 g/mol. The molecule has 2 aromatic heterocycles. The van der Waals surface area contributed by atoms with Crippen LogP contribution in [0.1, 0.15) is 16.1 Å². The maximum atomic E-state index is 13.2. The fourth-order valence-electron chi connectivity index (χ4n) is 3.45. The number of nitriles is 1. The summed E-state index contributed by atoms with van der Waals surface area (Å²) >= 11 is 0. The van der Waals surface area contributed by atoms with Gasteiger partial charge < -0.3 is 5.11 Å². The molecule has 31 heavy (non-hydrogen) atoms. The fourth-order valence-corrected chi connectivity index (χ4v) is 3.45. The summed E-state index contributed by atoms with van der Waals surface area (Å²) in [4.78, 5) is 34.3. The smallest absolute Gasteiger partial charge is 0.433 e. The lowest BCUT2D eigenvalue weighted by molar-refractivity contribution is -0.141. The van der Waals surface area contributed by atoms with Crippen LogP contribution in [-0.4, -0.2) is 39.7 Å². The number of nitrogens with zero attached hydrogens (tertiary/aromatic N) is 5. The van der Waals surface area contributed by atoms with E-state index in [9.17, 15) is 33.1 Å². The molecule has 1 aromatic carbocycles. The summed E-state index contributed by atoms with van der Waals surface area (Å²) in [6.07, 6.45) is -1.19. The average molecular weight is 427 g/mol. The number of pyridine rings is 2. The number of alkyl halides is 3. The van der Waals surface area contributed by atoms with Gasteiger partial charge in [0.2, 0.25) is 0 Å². The summed E-state index contributed by atoms with van der Waals surface area (Å²) in [7, 11) is 0. The SMILES string of the molecule is N#C[C@H]1CN(c2cnc(C(F)(F)F)cc2C(=O)O)C(=O)N1c1cncc2ccccc12. The second-order valence-electron chi connectivity index (χ2n) is 6.68. The largest absolute Gasteiger partial charge is 0.478 e. The highest BCUT2D eigenvalue weighted by Gasteiger charge is 2.42. The predicted molar refractivity (Wildman–Crippen MR) is 103 cm³/mol. The number of urea groups is 1. The number of benzene rings is 1. The standard InChI is InChI=1S/C20H12F3N5O3/c21-20(22,23)17-5-14(18(29)30)15(9-26-17)27-10-12(6-24)28(19(27)31)16-8-25-7-11-3-1-2-4-13(11)16/h1-5,7-9,12H,10H2,(H,29,30)/t12-/m0/s1. The van der Waals surface area contributed by atoms with Crippen molar-refractivity contribution in [3.05, 3.63) is 60.2 Å². The number of aromatic nitrogens is 2. The van der Waals surface area contributed by atoms with Gasteiger partial charge >= 0.3 is 18.2 Å². The van der Waals surface area contributed by atoms with Crippen molar-refractivity contribution in [2.24, 2.45) is 0 Å². The lowest BCUT2D eigenvalue weighted by Gasteiger charge is -2.21. The molecule has 0 saturated carbocycles. The minimum Gasteiger partial charge on any atom is -0.478 e. The first-order chi connectivity index (χ1) is 14.7. The molecule has 1 aliphatic heterocycles. The molecule has 1 aliphatic rings. The van der Waals surface area contributed by atoms with E-state index >= 15 is 0 Å². The van der Waals surface area contributed by atoms with Crippen LogP contribution in [0.5, 0.6) is 0 Å². The van der Waals surface area contributed by atoms with Crippen molar-refractivity contribution in [1.82, 2.24) is 9.97 Å². The number of aromatic carboxylic acids is 1. The first kappa shape index (κ1) is 20.1. The number of amides is 2. The zero-order valence-electron chi connectivity index (χ0n) is 15.5. The number of anilines is 2. The molecule has 1 atom stereocenters. The van der Waals surface area contributed by atoms with Gasteiger partial charge in [-0.15, -0.1) is 0 Å². The van der Waals surface area contributed by atoms with E-state index < -0.39 is 35.5 Å². The number of halogens is 3. The van der Waals surface area contributed by atoms with Crippen molar-refractivity contribution in [2.45, 2.75) is 12.2 Å². The highest BCUT2D eigenvalue weighted by atomic mass is 19.4. The van der Waals surface area contributed by atoms with E-state index in [0.29, 0.717) is 28.7 Å². The van der Waals surface area contributed by atoms with Crippen molar-refractivity contribution in [3.8, 4) is 6.07 Å². The first-order valence-corrected chi connectivity index (χ1v) is 8.86. The number of hydrogen-bond donors (Lipinski definition) is 1. The molecule has 11 heteroatoms. The van der Waals surface area contributed by atoms with E-state index in [0.717, 1.165) is 9.80 Å². The van der Waals surface area contributed by atoms with Gasteiger partial charge in [0.15, 0.2) is 0 Å². The molecule has 1 fully saturated rings. The van der Waals surface area contributed by atoms with Crippen LogP contribution in [0.4, 0.5) is 29.3 Å². The molecule has 2 amide bonds. The monoisotopic (exact) mass is 427 g/mol. The average Bonchev–Trinajstić information content (AvgIpc) is 3.08. The van der Waals surface area contributed by atoms with Crippen molar-refractivity contribution in [1.29, 1.82) is 5.26 Å². The minimum absolute atomic E-state index is 0.258. The van der Waals surface area contributed by atoms with Gasteiger partial charge in [0.25, 0.3) is 0 Å². The molecule has 0 bridgehead atoms. The molecule has 3 aromatic rings. The topological polar surface area (TPSA) is 110 Å². The Hall–Kier alpha value is -4.20. The lowest BCUT2D eigenvalue weighted by atomic mass is 10.1. The third kappa shape index (κ3) is 3.38. The van der Waals surface area contributed by atoms with E-state index in [2.05, 4.69) is 9.97 Å². The van der Waals surface area contributed by atoms with Crippen LogP contribution in [-0.2, 0) is 6.18 Å². The number of rotatable bonds is 3. The molecule has 3 heterocycles. The zero-order chi connectivity index (χ0) is 22.3. The van der Waals surface area contributed by atoms with Crippen LogP contribution in [0, 0.1) is 11.3 Å². The third-order valence-electron chi connectivity index (χ3n) is 4.85. The number of hydrogen-bond acceptors (Lipinski definition) is 5. The van der Waals surface area contributed by atoms with Crippen molar-refractivity contribution in [2.75, 3.05) is 16.3 Å². The Morgan fingerprint density at radius 2 is 1.94 bits per heavy atom. The van der Waals surface area contributed by atoms with E-state index in [4.69, 9.17) is 0 Å². The molecule has 0 unspecified atom stereocenters. The first-order valence-electron chi connectivity index (χ1n) is 8.86. The second-order valence-corrected chi connectivity index (χ2v) is 6.68. The Labute approximate surface area is 172 Å². The van der Waals surface area contributed by atoms with E-state index in [1.807, 2.05) is 6.07 Å². The van der Waals surface area contributed by atoms with Gasteiger partial charge in [-0.2, -0.15) is 18.4 Å². The molecule has 1 N–H and O–H groups in total. The highest BCUT2D eigenvalue weighted by molar-refractivity contribution is 6.13. The predicted octanol–water partition coefficient (Wildman–Crippen LogP) is 3.69. The van der Waals surface area contributed by atoms with Gasteiger partial charge in [0.1, 0.15) is 11.7 Å². The quantitative estimate of drug-likeness (QED) is 0.683. The van der Waals surface area contributed by atoms with Gasteiger partial charge in [0.05, 0.1) is 41.9 Å². The summed E-state index contributed by atoms with van der Waals surface area (Å²) in [6.45, 7) is -0.258. The summed E-state index contributed by atoms with van der Waals surface area (Å²) in [5.74, 6) is -1.66. The van der Waals surface area contributed by atoms with E-state index in [1.165, 1.54) is 6.20 Å². The Bertz CT molecular complexity index is 1250. The normalized spacial score (nSPS) is 16.6. The summed E-state index contributed by atoms with van der Waals surface area (Å²) < 4.78 is 38.9. The lowest BCUT2D eigenvalue weighted by Crippen LogP contribution is -2.35. The molecule has 0 aliphatic carbocycles. The highest BCUT2D eigenvalue weighted by Crippen LogP contribution is 2.36.